The minimum Gasteiger partial charge on any atom is -0.494 e. The molecule has 0 atom stereocenters. The lowest BCUT2D eigenvalue weighted by molar-refractivity contribution is 0.102. The molecule has 0 radical (unpaired) electrons. The molecule has 1 N–H and O–H groups in total. The number of amides is 1. The Morgan fingerprint density at radius 1 is 0.963 bits per heavy atom. The van der Waals surface area contributed by atoms with E-state index in [0.29, 0.717) is 29.4 Å². The molecule has 6 nitrogen and oxygen atoms in total. The van der Waals surface area contributed by atoms with Gasteiger partial charge in [-0.15, -0.1) is 0 Å². The molecule has 0 saturated carbocycles. The zero-order chi connectivity index (χ0) is 19.2. The molecule has 1 heterocycles. The smallest absolute Gasteiger partial charge is 0.322 e. The summed E-state index contributed by atoms with van der Waals surface area (Å²) in [4.78, 5) is 21.0. The molecular formula is C21H21N3O3. The summed E-state index contributed by atoms with van der Waals surface area (Å²) in [6.45, 7) is 6.21. The maximum absolute atomic E-state index is 12.5. The number of ether oxygens (including phenoxy) is 2. The molecule has 1 aromatic heterocycles. The molecule has 1 amide bonds. The largest absolute Gasteiger partial charge is 0.494 e. The summed E-state index contributed by atoms with van der Waals surface area (Å²) in [6.07, 6.45) is 0. The number of rotatable bonds is 6. The summed E-state index contributed by atoms with van der Waals surface area (Å²) in [5.41, 5.74) is 2.79. The Hall–Kier alpha value is -3.41. The van der Waals surface area contributed by atoms with Crippen molar-refractivity contribution in [2.24, 2.45) is 0 Å². The number of nitrogens with zero attached hydrogens (tertiary/aromatic N) is 2. The average molecular weight is 363 g/mol. The van der Waals surface area contributed by atoms with E-state index in [0.717, 1.165) is 11.4 Å². The van der Waals surface area contributed by atoms with Crippen molar-refractivity contribution in [2.75, 3.05) is 11.9 Å². The molecule has 0 aliphatic carbocycles. The lowest BCUT2D eigenvalue weighted by Crippen LogP contribution is -2.12. The molecule has 0 fully saturated rings. The predicted molar refractivity (Wildman–Crippen MR) is 104 cm³/mol. The van der Waals surface area contributed by atoms with Gasteiger partial charge in [-0.25, -0.2) is 9.97 Å². The van der Waals surface area contributed by atoms with E-state index in [2.05, 4.69) is 15.3 Å². The van der Waals surface area contributed by atoms with E-state index < -0.39 is 0 Å². The van der Waals surface area contributed by atoms with Crippen LogP contribution in [0.5, 0.6) is 17.5 Å². The Morgan fingerprint density at radius 2 is 1.67 bits per heavy atom. The van der Waals surface area contributed by atoms with Crippen molar-refractivity contribution in [3.63, 3.8) is 0 Å². The standard InChI is InChI=1S/C21H21N3O3/c1-4-26-18-9-5-7-16(12-18)20(25)24-17-8-6-10-19(13-17)27-21-22-14(2)11-15(3)23-21/h5-13H,4H2,1-3H3,(H,24,25). The molecule has 3 aromatic rings. The van der Waals surface area contributed by atoms with Crippen LogP contribution in [0.1, 0.15) is 28.7 Å². The Labute approximate surface area is 158 Å². The van der Waals surface area contributed by atoms with Gasteiger partial charge in [-0.2, -0.15) is 0 Å². The van der Waals surface area contributed by atoms with Gasteiger partial charge in [0.15, 0.2) is 0 Å². The number of carbonyl (C=O) groups excluding carboxylic acids is 1. The van der Waals surface area contributed by atoms with Crippen molar-refractivity contribution in [1.29, 1.82) is 0 Å². The fourth-order valence-corrected chi connectivity index (χ4v) is 2.58. The molecule has 0 spiro atoms. The highest BCUT2D eigenvalue weighted by Gasteiger charge is 2.09. The first-order valence-corrected chi connectivity index (χ1v) is 8.68. The van der Waals surface area contributed by atoms with Crippen LogP contribution in [-0.2, 0) is 0 Å². The van der Waals surface area contributed by atoms with Crippen LogP contribution in [0.25, 0.3) is 0 Å². The second-order valence-electron chi connectivity index (χ2n) is 5.98. The Balaban J connectivity index is 1.73. The number of hydrogen-bond acceptors (Lipinski definition) is 5. The molecule has 138 valence electrons. The van der Waals surface area contributed by atoms with Crippen molar-refractivity contribution in [3.8, 4) is 17.5 Å². The molecule has 0 bridgehead atoms. The first-order valence-electron chi connectivity index (χ1n) is 8.68. The third-order valence-electron chi connectivity index (χ3n) is 3.67. The van der Waals surface area contributed by atoms with E-state index in [1.807, 2.05) is 32.9 Å². The van der Waals surface area contributed by atoms with Crippen LogP contribution in [0.15, 0.2) is 54.6 Å². The highest BCUT2D eigenvalue weighted by molar-refractivity contribution is 6.04. The number of anilines is 1. The van der Waals surface area contributed by atoms with Crippen LogP contribution >= 0.6 is 0 Å². The Kier molecular flexibility index (Phi) is 5.66. The van der Waals surface area contributed by atoms with E-state index in [4.69, 9.17) is 9.47 Å². The molecule has 2 aromatic carbocycles. The number of aromatic nitrogens is 2. The third kappa shape index (κ3) is 5.04. The molecule has 0 saturated heterocycles. The molecule has 27 heavy (non-hydrogen) atoms. The topological polar surface area (TPSA) is 73.3 Å². The molecular weight excluding hydrogens is 342 g/mol. The van der Waals surface area contributed by atoms with Crippen LogP contribution < -0.4 is 14.8 Å². The molecule has 0 aliphatic heterocycles. The van der Waals surface area contributed by atoms with E-state index in [1.165, 1.54) is 0 Å². The normalized spacial score (nSPS) is 10.3. The summed E-state index contributed by atoms with van der Waals surface area (Å²) in [5.74, 6) is 0.978. The highest BCUT2D eigenvalue weighted by Crippen LogP contribution is 2.23. The van der Waals surface area contributed by atoms with Crippen LogP contribution in [0.4, 0.5) is 5.69 Å². The summed E-state index contributed by atoms with van der Waals surface area (Å²) in [5, 5.41) is 2.86. The SMILES string of the molecule is CCOc1cccc(C(=O)Nc2cccc(Oc3nc(C)cc(C)n3)c2)c1. The number of benzene rings is 2. The van der Waals surface area contributed by atoms with E-state index in [9.17, 15) is 4.79 Å². The molecule has 0 unspecified atom stereocenters. The van der Waals surface area contributed by atoms with Crippen LogP contribution in [0.2, 0.25) is 0 Å². The first kappa shape index (κ1) is 18.4. The molecule has 6 heteroatoms. The van der Waals surface area contributed by atoms with Gasteiger partial charge in [0.25, 0.3) is 5.91 Å². The summed E-state index contributed by atoms with van der Waals surface area (Å²) >= 11 is 0. The van der Waals surface area contributed by atoms with Gasteiger partial charge >= 0.3 is 6.01 Å². The van der Waals surface area contributed by atoms with Crippen LogP contribution in [0.3, 0.4) is 0 Å². The predicted octanol–water partition coefficient (Wildman–Crippen LogP) is 4.54. The summed E-state index contributed by atoms with van der Waals surface area (Å²) in [7, 11) is 0. The maximum Gasteiger partial charge on any atom is 0.322 e. The van der Waals surface area contributed by atoms with E-state index >= 15 is 0 Å². The molecule has 3 rings (SSSR count). The van der Waals surface area contributed by atoms with Crippen LogP contribution in [0, 0.1) is 13.8 Å². The van der Waals surface area contributed by atoms with E-state index in [1.54, 1.807) is 42.5 Å². The average Bonchev–Trinajstić information content (AvgIpc) is 2.61. The second-order valence-corrected chi connectivity index (χ2v) is 5.98. The third-order valence-corrected chi connectivity index (χ3v) is 3.67. The van der Waals surface area contributed by atoms with E-state index in [-0.39, 0.29) is 11.9 Å². The van der Waals surface area contributed by atoms with Crippen molar-refractivity contribution in [2.45, 2.75) is 20.8 Å². The highest BCUT2D eigenvalue weighted by atomic mass is 16.5. The number of nitrogens with one attached hydrogen (secondary N) is 1. The molecule has 0 aliphatic rings. The van der Waals surface area contributed by atoms with Crippen molar-refractivity contribution >= 4 is 11.6 Å². The quantitative estimate of drug-likeness (QED) is 0.696. The van der Waals surface area contributed by atoms with Gasteiger partial charge < -0.3 is 14.8 Å². The fourth-order valence-electron chi connectivity index (χ4n) is 2.58. The number of aryl methyl sites for hydroxylation is 2. The van der Waals surface area contributed by atoms with Crippen LogP contribution in [-0.4, -0.2) is 22.5 Å². The summed E-state index contributed by atoms with van der Waals surface area (Å²) < 4.78 is 11.2. The zero-order valence-corrected chi connectivity index (χ0v) is 15.5. The van der Waals surface area contributed by atoms with Gasteiger partial charge in [0, 0.05) is 28.7 Å². The van der Waals surface area contributed by atoms with Gasteiger partial charge in [-0.3, -0.25) is 4.79 Å². The Bertz CT molecular complexity index is 937. The first-order chi connectivity index (χ1) is 13.0. The summed E-state index contributed by atoms with van der Waals surface area (Å²) in [6, 6.07) is 16.3. The Morgan fingerprint density at radius 3 is 2.41 bits per heavy atom. The monoisotopic (exact) mass is 363 g/mol. The van der Waals surface area contributed by atoms with Crippen molar-refractivity contribution in [1.82, 2.24) is 9.97 Å². The maximum atomic E-state index is 12.5. The lowest BCUT2D eigenvalue weighted by Gasteiger charge is -2.10. The second kappa shape index (κ2) is 8.31. The van der Waals surface area contributed by atoms with Gasteiger partial charge in [0.1, 0.15) is 11.5 Å². The van der Waals surface area contributed by atoms with Gasteiger partial charge in [0.2, 0.25) is 0 Å². The van der Waals surface area contributed by atoms with Crippen molar-refractivity contribution in [3.05, 3.63) is 71.5 Å². The minimum atomic E-state index is -0.226. The number of carbonyl (C=O) groups is 1. The fraction of sp³-hybridized carbons (Fsp3) is 0.190. The van der Waals surface area contributed by atoms with Gasteiger partial charge in [-0.05, 0) is 57.2 Å². The lowest BCUT2D eigenvalue weighted by atomic mass is 10.2. The van der Waals surface area contributed by atoms with Crippen molar-refractivity contribution < 1.29 is 14.3 Å². The minimum absolute atomic E-state index is 0.226. The number of hydrogen-bond donors (Lipinski definition) is 1. The van der Waals surface area contributed by atoms with Gasteiger partial charge in [-0.1, -0.05) is 12.1 Å². The van der Waals surface area contributed by atoms with Gasteiger partial charge in [0.05, 0.1) is 6.61 Å². The zero-order valence-electron chi connectivity index (χ0n) is 15.5.